The van der Waals surface area contributed by atoms with E-state index in [0.717, 1.165) is 12.8 Å². The highest BCUT2D eigenvalue weighted by Gasteiger charge is 2.15. The lowest BCUT2D eigenvalue weighted by Crippen LogP contribution is -1.98. The first-order valence-corrected chi connectivity index (χ1v) is 5.36. The molecule has 1 unspecified atom stereocenters. The van der Waals surface area contributed by atoms with Crippen molar-refractivity contribution in [2.75, 3.05) is 5.73 Å². The molecule has 0 fully saturated rings. The van der Waals surface area contributed by atoms with E-state index >= 15 is 0 Å². The molecular weight excluding hydrogens is 178 g/mol. The second-order valence-electron chi connectivity index (χ2n) is 3.58. The predicted octanol–water partition coefficient (Wildman–Crippen LogP) is 2.73. The summed E-state index contributed by atoms with van der Waals surface area (Å²) in [6.07, 6.45) is 5.87. The first kappa shape index (κ1) is 11.0. The van der Waals surface area contributed by atoms with Crippen molar-refractivity contribution in [1.82, 2.24) is 10.2 Å². The van der Waals surface area contributed by atoms with Gasteiger partial charge in [0.25, 0.3) is 0 Å². The number of nitrogens with zero attached hydrogens (tertiary/aromatic N) is 2. The summed E-state index contributed by atoms with van der Waals surface area (Å²) in [7, 11) is 0. The van der Waals surface area contributed by atoms with Gasteiger partial charge in [-0.05, 0) is 12.8 Å². The summed E-state index contributed by atoms with van der Waals surface area (Å²) in [6.45, 7) is 4.34. The molecule has 14 heavy (non-hydrogen) atoms. The highest BCUT2D eigenvalue weighted by molar-refractivity contribution is 5.06. The molecule has 0 amide bonds. The molecule has 1 aromatic heterocycles. The van der Waals surface area contributed by atoms with Crippen molar-refractivity contribution >= 4 is 6.01 Å². The molecule has 0 spiro atoms. The number of nitrogens with two attached hydrogens (primary N) is 1. The molecule has 4 heteroatoms. The van der Waals surface area contributed by atoms with Crippen LogP contribution in [-0.2, 0) is 0 Å². The normalized spacial score (nSPS) is 13.0. The quantitative estimate of drug-likeness (QED) is 0.712. The standard InChI is InChI=1S/C10H19N3O/c1-3-5-6-7-8(4-2)9-12-13-10(11)14-9/h8H,3-7H2,1-2H3,(H2,11,13). The maximum atomic E-state index is 5.39. The Labute approximate surface area is 84.9 Å². The Morgan fingerprint density at radius 3 is 2.57 bits per heavy atom. The summed E-state index contributed by atoms with van der Waals surface area (Å²) in [4.78, 5) is 0. The van der Waals surface area contributed by atoms with Gasteiger partial charge in [-0.15, -0.1) is 5.10 Å². The molecule has 1 atom stereocenters. The van der Waals surface area contributed by atoms with E-state index in [-0.39, 0.29) is 6.01 Å². The maximum Gasteiger partial charge on any atom is 0.312 e. The largest absolute Gasteiger partial charge is 0.408 e. The van der Waals surface area contributed by atoms with E-state index in [4.69, 9.17) is 10.2 Å². The first-order chi connectivity index (χ1) is 6.77. The van der Waals surface area contributed by atoms with Crippen LogP contribution in [0.15, 0.2) is 4.42 Å². The van der Waals surface area contributed by atoms with E-state index in [1.807, 2.05) is 0 Å². The third-order valence-corrected chi connectivity index (χ3v) is 2.45. The summed E-state index contributed by atoms with van der Waals surface area (Å²) in [6, 6.07) is 0.175. The molecule has 2 N–H and O–H groups in total. The highest BCUT2D eigenvalue weighted by atomic mass is 16.4. The SMILES string of the molecule is CCCCCC(CC)c1nnc(N)o1. The summed E-state index contributed by atoms with van der Waals surface area (Å²) < 4.78 is 5.22. The van der Waals surface area contributed by atoms with Crippen molar-refractivity contribution in [3.05, 3.63) is 5.89 Å². The molecule has 0 aliphatic rings. The summed E-state index contributed by atoms with van der Waals surface area (Å²) in [5.41, 5.74) is 5.39. The monoisotopic (exact) mass is 197 g/mol. The number of unbranched alkanes of at least 4 members (excludes halogenated alkanes) is 2. The molecule has 0 aliphatic heterocycles. The Morgan fingerprint density at radius 2 is 2.07 bits per heavy atom. The van der Waals surface area contributed by atoms with E-state index in [1.165, 1.54) is 19.3 Å². The number of nitrogen functional groups attached to an aromatic ring is 1. The third-order valence-electron chi connectivity index (χ3n) is 2.45. The van der Waals surface area contributed by atoms with E-state index in [9.17, 15) is 0 Å². The summed E-state index contributed by atoms with van der Waals surface area (Å²) >= 11 is 0. The zero-order valence-corrected chi connectivity index (χ0v) is 8.99. The predicted molar refractivity (Wildman–Crippen MR) is 55.9 cm³/mol. The number of aromatic nitrogens is 2. The number of rotatable bonds is 6. The lowest BCUT2D eigenvalue weighted by molar-refractivity contribution is 0.422. The van der Waals surface area contributed by atoms with Gasteiger partial charge in [-0.3, -0.25) is 0 Å². The van der Waals surface area contributed by atoms with Crippen molar-refractivity contribution in [3.63, 3.8) is 0 Å². The molecule has 0 saturated heterocycles. The fraction of sp³-hybridized carbons (Fsp3) is 0.800. The van der Waals surface area contributed by atoms with Gasteiger partial charge in [0.05, 0.1) is 0 Å². The minimum absolute atomic E-state index is 0.175. The van der Waals surface area contributed by atoms with Gasteiger partial charge in [0.1, 0.15) is 0 Å². The van der Waals surface area contributed by atoms with Gasteiger partial charge >= 0.3 is 6.01 Å². The number of hydrogen-bond acceptors (Lipinski definition) is 4. The first-order valence-electron chi connectivity index (χ1n) is 5.36. The molecule has 1 aromatic rings. The molecule has 0 radical (unpaired) electrons. The Bertz CT molecular complexity index is 260. The van der Waals surface area contributed by atoms with Crippen molar-refractivity contribution in [3.8, 4) is 0 Å². The molecular formula is C10H19N3O. The van der Waals surface area contributed by atoms with Crippen LogP contribution >= 0.6 is 0 Å². The molecule has 80 valence electrons. The lowest BCUT2D eigenvalue weighted by Gasteiger charge is -2.08. The van der Waals surface area contributed by atoms with Gasteiger partial charge in [-0.1, -0.05) is 38.2 Å². The van der Waals surface area contributed by atoms with Gasteiger partial charge in [-0.25, -0.2) is 0 Å². The molecule has 0 saturated carbocycles. The van der Waals surface area contributed by atoms with E-state index < -0.39 is 0 Å². The van der Waals surface area contributed by atoms with Crippen LogP contribution in [0.5, 0.6) is 0 Å². The fourth-order valence-corrected chi connectivity index (χ4v) is 1.55. The van der Waals surface area contributed by atoms with Crippen molar-refractivity contribution < 1.29 is 4.42 Å². The van der Waals surface area contributed by atoms with Crippen molar-refractivity contribution in [1.29, 1.82) is 0 Å². The van der Waals surface area contributed by atoms with E-state index in [2.05, 4.69) is 24.0 Å². The minimum atomic E-state index is 0.175. The van der Waals surface area contributed by atoms with Crippen LogP contribution in [-0.4, -0.2) is 10.2 Å². The molecule has 0 aromatic carbocycles. The van der Waals surface area contributed by atoms with Crippen LogP contribution < -0.4 is 5.73 Å². The topological polar surface area (TPSA) is 64.9 Å². The number of anilines is 1. The van der Waals surface area contributed by atoms with Crippen molar-refractivity contribution in [2.45, 2.75) is 51.9 Å². The van der Waals surface area contributed by atoms with Crippen LogP contribution in [0.1, 0.15) is 57.8 Å². The van der Waals surface area contributed by atoms with Gasteiger partial charge in [0.2, 0.25) is 5.89 Å². The smallest absolute Gasteiger partial charge is 0.312 e. The maximum absolute atomic E-state index is 5.39. The number of hydrogen-bond donors (Lipinski definition) is 1. The summed E-state index contributed by atoms with van der Waals surface area (Å²) in [5.74, 6) is 1.08. The fourth-order valence-electron chi connectivity index (χ4n) is 1.55. The summed E-state index contributed by atoms with van der Waals surface area (Å²) in [5, 5.41) is 7.60. The van der Waals surface area contributed by atoms with Crippen LogP contribution in [0.3, 0.4) is 0 Å². The van der Waals surface area contributed by atoms with Crippen LogP contribution in [0.4, 0.5) is 6.01 Å². The zero-order chi connectivity index (χ0) is 10.4. The van der Waals surface area contributed by atoms with E-state index in [1.54, 1.807) is 0 Å². The lowest BCUT2D eigenvalue weighted by atomic mass is 9.99. The van der Waals surface area contributed by atoms with E-state index in [0.29, 0.717) is 11.8 Å². The van der Waals surface area contributed by atoms with Crippen molar-refractivity contribution in [2.24, 2.45) is 0 Å². The second kappa shape index (κ2) is 5.62. The van der Waals surface area contributed by atoms with Crippen LogP contribution in [0, 0.1) is 0 Å². The Hall–Kier alpha value is -1.06. The van der Waals surface area contributed by atoms with Crippen LogP contribution in [0.25, 0.3) is 0 Å². The van der Waals surface area contributed by atoms with Gasteiger partial charge in [0, 0.05) is 5.92 Å². The van der Waals surface area contributed by atoms with Gasteiger partial charge in [0.15, 0.2) is 0 Å². The van der Waals surface area contributed by atoms with Crippen LogP contribution in [0.2, 0.25) is 0 Å². The average Bonchev–Trinajstić information content (AvgIpc) is 2.60. The van der Waals surface area contributed by atoms with Gasteiger partial charge in [-0.2, -0.15) is 0 Å². The minimum Gasteiger partial charge on any atom is -0.408 e. The molecule has 1 rings (SSSR count). The Morgan fingerprint density at radius 1 is 1.29 bits per heavy atom. The molecule has 0 aliphatic carbocycles. The third kappa shape index (κ3) is 3.01. The molecule has 0 bridgehead atoms. The Balaban J connectivity index is 2.45. The average molecular weight is 197 g/mol. The second-order valence-corrected chi connectivity index (χ2v) is 3.58. The highest BCUT2D eigenvalue weighted by Crippen LogP contribution is 2.24. The molecule has 1 heterocycles. The van der Waals surface area contributed by atoms with Gasteiger partial charge < -0.3 is 10.2 Å². The molecule has 4 nitrogen and oxygen atoms in total. The Kier molecular flexibility index (Phi) is 4.43. The zero-order valence-electron chi connectivity index (χ0n) is 8.99.